The van der Waals surface area contributed by atoms with Crippen molar-refractivity contribution in [2.24, 2.45) is 0 Å². The van der Waals surface area contributed by atoms with Gasteiger partial charge in [0.1, 0.15) is 5.82 Å². The molecule has 3 rings (SSSR count). The molecular weight excluding hydrogens is 190 g/mol. The SMILES string of the molecule is O=c1[nH]c(C2CCC2)nc2c1CNCC2. The van der Waals surface area contributed by atoms with Crippen LogP contribution in [0, 0.1) is 0 Å². The van der Waals surface area contributed by atoms with Gasteiger partial charge in [-0.3, -0.25) is 4.79 Å². The van der Waals surface area contributed by atoms with E-state index in [2.05, 4.69) is 15.3 Å². The summed E-state index contributed by atoms with van der Waals surface area (Å²) < 4.78 is 0. The zero-order valence-electron chi connectivity index (χ0n) is 8.68. The molecule has 2 aliphatic rings. The minimum Gasteiger partial charge on any atom is -0.312 e. The maximum atomic E-state index is 11.8. The Morgan fingerprint density at radius 1 is 1.33 bits per heavy atom. The fourth-order valence-corrected chi connectivity index (χ4v) is 2.25. The van der Waals surface area contributed by atoms with E-state index in [-0.39, 0.29) is 5.56 Å². The number of fused-ring (bicyclic) bond motifs is 1. The summed E-state index contributed by atoms with van der Waals surface area (Å²) in [7, 11) is 0. The van der Waals surface area contributed by atoms with Gasteiger partial charge < -0.3 is 10.3 Å². The predicted molar refractivity (Wildman–Crippen MR) is 56.9 cm³/mol. The molecule has 80 valence electrons. The normalized spacial score (nSPS) is 20.8. The lowest BCUT2D eigenvalue weighted by Gasteiger charge is -2.25. The number of hydrogen-bond acceptors (Lipinski definition) is 3. The molecule has 0 aromatic carbocycles. The summed E-state index contributed by atoms with van der Waals surface area (Å²) in [6.45, 7) is 1.61. The summed E-state index contributed by atoms with van der Waals surface area (Å²) in [5.74, 6) is 1.43. The van der Waals surface area contributed by atoms with Gasteiger partial charge in [0.05, 0.1) is 11.3 Å². The molecule has 0 amide bonds. The number of hydrogen-bond donors (Lipinski definition) is 2. The molecule has 0 atom stereocenters. The summed E-state index contributed by atoms with van der Waals surface area (Å²) in [5.41, 5.74) is 1.91. The second kappa shape index (κ2) is 3.45. The third-order valence-electron chi connectivity index (χ3n) is 3.45. The van der Waals surface area contributed by atoms with E-state index in [1.807, 2.05) is 0 Å². The molecule has 4 nitrogen and oxygen atoms in total. The Morgan fingerprint density at radius 2 is 2.20 bits per heavy atom. The van der Waals surface area contributed by atoms with Crippen LogP contribution in [0.5, 0.6) is 0 Å². The van der Waals surface area contributed by atoms with Crippen LogP contribution in [0.2, 0.25) is 0 Å². The molecule has 1 aromatic heterocycles. The molecule has 15 heavy (non-hydrogen) atoms. The van der Waals surface area contributed by atoms with Crippen LogP contribution in [0.4, 0.5) is 0 Å². The van der Waals surface area contributed by atoms with Crippen LogP contribution in [0.1, 0.15) is 42.3 Å². The average Bonchev–Trinajstić information content (AvgIpc) is 2.15. The minimum absolute atomic E-state index is 0.0640. The Hall–Kier alpha value is -1.16. The van der Waals surface area contributed by atoms with Crippen LogP contribution in [-0.2, 0) is 13.0 Å². The number of aromatic amines is 1. The van der Waals surface area contributed by atoms with Gasteiger partial charge in [-0.05, 0) is 12.8 Å². The van der Waals surface area contributed by atoms with Crippen molar-refractivity contribution in [3.63, 3.8) is 0 Å². The molecule has 1 aliphatic heterocycles. The first-order valence-corrected chi connectivity index (χ1v) is 5.67. The largest absolute Gasteiger partial charge is 0.312 e. The number of nitrogens with zero attached hydrogens (tertiary/aromatic N) is 1. The van der Waals surface area contributed by atoms with Crippen molar-refractivity contribution in [2.75, 3.05) is 6.54 Å². The summed E-state index contributed by atoms with van der Waals surface area (Å²) in [6, 6.07) is 0. The van der Waals surface area contributed by atoms with E-state index < -0.39 is 0 Å². The van der Waals surface area contributed by atoms with Crippen molar-refractivity contribution >= 4 is 0 Å². The third kappa shape index (κ3) is 1.49. The molecule has 1 saturated carbocycles. The van der Waals surface area contributed by atoms with Crippen molar-refractivity contribution in [1.82, 2.24) is 15.3 Å². The molecule has 0 unspecified atom stereocenters. The lowest BCUT2D eigenvalue weighted by molar-refractivity contribution is 0.397. The van der Waals surface area contributed by atoms with Crippen molar-refractivity contribution < 1.29 is 0 Å². The third-order valence-corrected chi connectivity index (χ3v) is 3.45. The van der Waals surface area contributed by atoms with Crippen molar-refractivity contribution in [2.45, 2.75) is 38.1 Å². The monoisotopic (exact) mass is 205 g/mol. The fraction of sp³-hybridized carbons (Fsp3) is 0.636. The number of rotatable bonds is 1. The van der Waals surface area contributed by atoms with Gasteiger partial charge in [-0.1, -0.05) is 6.42 Å². The van der Waals surface area contributed by atoms with Gasteiger partial charge in [-0.2, -0.15) is 0 Å². The zero-order valence-corrected chi connectivity index (χ0v) is 8.68. The van der Waals surface area contributed by atoms with Gasteiger partial charge in [0.25, 0.3) is 5.56 Å². The molecule has 0 bridgehead atoms. The van der Waals surface area contributed by atoms with Crippen LogP contribution < -0.4 is 10.9 Å². The van der Waals surface area contributed by atoms with Crippen LogP contribution in [0.15, 0.2) is 4.79 Å². The number of H-pyrrole nitrogens is 1. The minimum atomic E-state index is 0.0640. The molecule has 0 saturated heterocycles. The average molecular weight is 205 g/mol. The first-order valence-electron chi connectivity index (χ1n) is 5.67. The molecule has 2 heterocycles. The van der Waals surface area contributed by atoms with Gasteiger partial charge in [-0.15, -0.1) is 0 Å². The van der Waals surface area contributed by atoms with Crippen LogP contribution in [0.3, 0.4) is 0 Å². The number of aromatic nitrogens is 2. The first kappa shape index (κ1) is 9.09. The van der Waals surface area contributed by atoms with Crippen LogP contribution in [0.25, 0.3) is 0 Å². The van der Waals surface area contributed by atoms with Gasteiger partial charge in [-0.25, -0.2) is 4.98 Å². The van der Waals surface area contributed by atoms with Crippen LogP contribution >= 0.6 is 0 Å². The molecule has 0 radical (unpaired) electrons. The topological polar surface area (TPSA) is 57.8 Å². The van der Waals surface area contributed by atoms with Crippen molar-refractivity contribution in [3.05, 3.63) is 27.4 Å². The standard InChI is InChI=1S/C11H15N3O/c15-11-8-6-12-5-4-9(8)13-10(14-11)7-2-1-3-7/h7,12H,1-6H2,(H,13,14,15). The lowest BCUT2D eigenvalue weighted by atomic mass is 9.84. The smallest absolute Gasteiger partial charge is 0.255 e. The maximum Gasteiger partial charge on any atom is 0.255 e. The highest BCUT2D eigenvalue weighted by atomic mass is 16.1. The highest BCUT2D eigenvalue weighted by Crippen LogP contribution is 2.34. The first-order chi connectivity index (χ1) is 7.34. The highest BCUT2D eigenvalue weighted by Gasteiger charge is 2.24. The summed E-state index contributed by atoms with van der Waals surface area (Å²) in [4.78, 5) is 19.3. The Kier molecular flexibility index (Phi) is 2.09. The van der Waals surface area contributed by atoms with E-state index >= 15 is 0 Å². The molecule has 4 heteroatoms. The second-order valence-corrected chi connectivity index (χ2v) is 4.43. The molecule has 1 aromatic rings. The Balaban J connectivity index is 2.04. The van der Waals surface area contributed by atoms with E-state index in [1.54, 1.807) is 0 Å². The highest BCUT2D eigenvalue weighted by molar-refractivity contribution is 5.21. The van der Waals surface area contributed by atoms with E-state index in [4.69, 9.17) is 0 Å². The zero-order chi connectivity index (χ0) is 10.3. The van der Waals surface area contributed by atoms with E-state index in [1.165, 1.54) is 19.3 Å². The Labute approximate surface area is 88.1 Å². The Bertz CT molecular complexity index is 434. The quantitative estimate of drug-likeness (QED) is 0.709. The molecular formula is C11H15N3O. The summed E-state index contributed by atoms with van der Waals surface area (Å²) in [5, 5.41) is 3.20. The van der Waals surface area contributed by atoms with Gasteiger partial charge >= 0.3 is 0 Å². The molecule has 0 spiro atoms. The van der Waals surface area contributed by atoms with Crippen LogP contribution in [-0.4, -0.2) is 16.5 Å². The van der Waals surface area contributed by atoms with Crippen molar-refractivity contribution in [1.29, 1.82) is 0 Å². The lowest BCUT2D eigenvalue weighted by Crippen LogP contribution is -2.33. The maximum absolute atomic E-state index is 11.8. The predicted octanol–water partition coefficient (Wildman–Crippen LogP) is 0.683. The molecule has 1 fully saturated rings. The second-order valence-electron chi connectivity index (χ2n) is 4.43. The van der Waals surface area contributed by atoms with Gasteiger partial charge in [0.15, 0.2) is 0 Å². The Morgan fingerprint density at radius 3 is 2.93 bits per heavy atom. The summed E-state index contributed by atoms with van der Waals surface area (Å²) in [6.07, 6.45) is 4.52. The number of nitrogens with one attached hydrogen (secondary N) is 2. The van der Waals surface area contributed by atoms with Crippen molar-refractivity contribution in [3.8, 4) is 0 Å². The fourth-order valence-electron chi connectivity index (χ4n) is 2.25. The molecule has 2 N–H and O–H groups in total. The van der Waals surface area contributed by atoms with E-state index in [0.717, 1.165) is 30.0 Å². The van der Waals surface area contributed by atoms with Gasteiger partial charge in [0, 0.05) is 25.4 Å². The van der Waals surface area contributed by atoms with Gasteiger partial charge in [0.2, 0.25) is 0 Å². The van der Waals surface area contributed by atoms with E-state index in [9.17, 15) is 4.79 Å². The van der Waals surface area contributed by atoms with E-state index in [0.29, 0.717) is 12.5 Å². The molecule has 1 aliphatic carbocycles. The summed E-state index contributed by atoms with van der Waals surface area (Å²) >= 11 is 0.